The summed E-state index contributed by atoms with van der Waals surface area (Å²) in [6.07, 6.45) is 3.79. The Bertz CT molecular complexity index is 1390. The summed E-state index contributed by atoms with van der Waals surface area (Å²) in [5.41, 5.74) is 18.2. The van der Waals surface area contributed by atoms with Crippen molar-refractivity contribution in [2.45, 2.75) is 68.6 Å². The molecule has 210 valence electrons. The number of amides is 2. The molecule has 5 rings (SSSR count). The van der Waals surface area contributed by atoms with E-state index in [9.17, 15) is 14.4 Å². The number of ketones is 1. The van der Waals surface area contributed by atoms with Crippen molar-refractivity contribution < 1.29 is 14.4 Å². The number of hydrogen-bond donors (Lipinski definition) is 4. The van der Waals surface area contributed by atoms with Crippen molar-refractivity contribution >= 4 is 45.1 Å². The average Bonchev–Trinajstić information content (AvgIpc) is 3.57. The summed E-state index contributed by atoms with van der Waals surface area (Å²) >= 11 is 1.30. The van der Waals surface area contributed by atoms with Gasteiger partial charge in [-0.3, -0.25) is 19.4 Å². The van der Waals surface area contributed by atoms with Crippen LogP contribution in [0.1, 0.15) is 53.9 Å². The molecule has 0 spiro atoms. The standard InChI is InChI=1S/C29H35N7O3S/c30-28(31)33-16-6-10-21(24(37)26-35-20-9-4-5-11-23(20)40-26)34-25(38)22-13-12-19-14-15-29(32,27(39)36(19)22)17-18-7-2-1-3-8-18/h1-5,7-9,11,19,21-22H,6,10,12-17,32H2,(H,34,38)(H4,30,31,33)/t19?,21-,22-,29-/m0/s1. The SMILES string of the molecule is NC(N)=NCCC[C@H](NC(=O)[C@@H]1CCC2CC[C@](N)(Cc3ccccc3)C(=O)N21)C(=O)c1nc2ccccc2s1. The van der Waals surface area contributed by atoms with Crippen molar-refractivity contribution in [1.82, 2.24) is 15.2 Å². The van der Waals surface area contributed by atoms with E-state index in [0.29, 0.717) is 43.7 Å². The van der Waals surface area contributed by atoms with E-state index < -0.39 is 17.6 Å². The van der Waals surface area contributed by atoms with E-state index in [1.807, 2.05) is 54.6 Å². The molecule has 11 heteroatoms. The van der Waals surface area contributed by atoms with E-state index in [2.05, 4.69) is 15.3 Å². The van der Waals surface area contributed by atoms with Gasteiger partial charge in [0.1, 0.15) is 6.04 Å². The fraction of sp³-hybridized carbons (Fsp3) is 0.414. The third-order valence-corrected chi connectivity index (χ3v) is 8.89. The Morgan fingerprint density at radius 3 is 2.60 bits per heavy atom. The summed E-state index contributed by atoms with van der Waals surface area (Å²) in [7, 11) is 0. The molecule has 0 radical (unpaired) electrons. The number of nitrogens with zero attached hydrogens (tertiary/aromatic N) is 3. The lowest BCUT2D eigenvalue weighted by Gasteiger charge is -2.43. The number of benzene rings is 2. The number of guanidine groups is 1. The molecular formula is C29H35N7O3S. The largest absolute Gasteiger partial charge is 0.370 e. The maximum absolute atomic E-state index is 13.8. The molecule has 1 aromatic heterocycles. The minimum atomic E-state index is -1.07. The van der Waals surface area contributed by atoms with Crippen LogP contribution in [-0.2, 0) is 16.0 Å². The second kappa shape index (κ2) is 11.7. The Balaban J connectivity index is 1.33. The molecule has 3 heterocycles. The highest BCUT2D eigenvalue weighted by atomic mass is 32.1. The Kier molecular flexibility index (Phi) is 8.13. The molecule has 2 aliphatic rings. The van der Waals surface area contributed by atoms with Crippen molar-refractivity contribution in [3.63, 3.8) is 0 Å². The summed E-state index contributed by atoms with van der Waals surface area (Å²) in [4.78, 5) is 51.2. The number of carbonyl (C=O) groups excluding carboxylic acids is 3. The zero-order chi connectivity index (χ0) is 28.3. The molecule has 2 amide bonds. The summed E-state index contributed by atoms with van der Waals surface area (Å²) in [6, 6.07) is 15.7. The van der Waals surface area contributed by atoms with Gasteiger partial charge < -0.3 is 27.4 Å². The van der Waals surface area contributed by atoms with Gasteiger partial charge in [0.25, 0.3) is 0 Å². The Hall–Kier alpha value is -3.83. The number of nitrogens with two attached hydrogens (primary N) is 3. The Morgan fingerprint density at radius 1 is 1.10 bits per heavy atom. The number of aliphatic imine (C=N–C) groups is 1. The fourth-order valence-electron chi connectivity index (χ4n) is 5.81. The van der Waals surface area contributed by atoms with Gasteiger partial charge >= 0.3 is 0 Å². The lowest BCUT2D eigenvalue weighted by atomic mass is 9.81. The molecule has 0 saturated carbocycles. The van der Waals surface area contributed by atoms with E-state index in [0.717, 1.165) is 28.6 Å². The van der Waals surface area contributed by atoms with Crippen LogP contribution in [0.25, 0.3) is 10.2 Å². The van der Waals surface area contributed by atoms with Crippen LogP contribution >= 0.6 is 11.3 Å². The van der Waals surface area contributed by atoms with Crippen LogP contribution < -0.4 is 22.5 Å². The predicted molar refractivity (Wildman–Crippen MR) is 156 cm³/mol. The van der Waals surface area contributed by atoms with Crippen LogP contribution in [0.5, 0.6) is 0 Å². The molecule has 2 aliphatic heterocycles. The molecule has 2 saturated heterocycles. The smallest absolute Gasteiger partial charge is 0.243 e. The highest BCUT2D eigenvalue weighted by molar-refractivity contribution is 7.20. The quantitative estimate of drug-likeness (QED) is 0.127. The van der Waals surface area contributed by atoms with Gasteiger partial charge in [-0.1, -0.05) is 42.5 Å². The number of fused-ring (bicyclic) bond motifs is 2. The summed E-state index contributed by atoms with van der Waals surface area (Å²) in [5.74, 6) is -0.844. The first-order valence-electron chi connectivity index (χ1n) is 13.7. The highest BCUT2D eigenvalue weighted by Crippen LogP contribution is 2.37. The maximum Gasteiger partial charge on any atom is 0.243 e. The molecule has 0 aliphatic carbocycles. The van der Waals surface area contributed by atoms with Crippen LogP contribution in [0.4, 0.5) is 0 Å². The number of Topliss-reactive ketones (excluding diaryl/α,β-unsaturated/α-hetero) is 1. The van der Waals surface area contributed by atoms with Gasteiger partial charge in [0.2, 0.25) is 17.6 Å². The molecule has 2 fully saturated rings. The van der Waals surface area contributed by atoms with E-state index in [1.165, 1.54) is 11.3 Å². The molecule has 10 nitrogen and oxygen atoms in total. The first kappa shape index (κ1) is 27.7. The second-order valence-electron chi connectivity index (χ2n) is 10.7. The number of carbonyl (C=O) groups is 3. The van der Waals surface area contributed by atoms with Gasteiger partial charge in [-0.2, -0.15) is 0 Å². The van der Waals surface area contributed by atoms with Crippen molar-refractivity contribution in [2.24, 2.45) is 22.2 Å². The molecule has 2 aromatic carbocycles. The number of hydrogen-bond acceptors (Lipinski definition) is 7. The molecular weight excluding hydrogens is 526 g/mol. The first-order valence-corrected chi connectivity index (χ1v) is 14.5. The highest BCUT2D eigenvalue weighted by Gasteiger charge is 2.51. The predicted octanol–water partition coefficient (Wildman–Crippen LogP) is 2.11. The van der Waals surface area contributed by atoms with Gasteiger partial charge in [-0.15, -0.1) is 11.3 Å². The van der Waals surface area contributed by atoms with Crippen LogP contribution in [0.2, 0.25) is 0 Å². The van der Waals surface area contributed by atoms with Crippen LogP contribution in [0.15, 0.2) is 59.6 Å². The van der Waals surface area contributed by atoms with Crippen molar-refractivity contribution in [1.29, 1.82) is 0 Å². The zero-order valence-corrected chi connectivity index (χ0v) is 23.1. The van der Waals surface area contributed by atoms with Gasteiger partial charge in [0, 0.05) is 12.6 Å². The van der Waals surface area contributed by atoms with E-state index in [1.54, 1.807) is 4.90 Å². The van der Waals surface area contributed by atoms with Crippen molar-refractivity contribution in [2.75, 3.05) is 6.54 Å². The molecule has 3 aromatic rings. The second-order valence-corrected chi connectivity index (χ2v) is 11.7. The van der Waals surface area contributed by atoms with E-state index >= 15 is 0 Å². The first-order chi connectivity index (χ1) is 19.2. The van der Waals surface area contributed by atoms with Gasteiger partial charge in [-0.05, 0) is 62.6 Å². The van der Waals surface area contributed by atoms with Crippen molar-refractivity contribution in [3.8, 4) is 0 Å². The number of rotatable bonds is 10. The third kappa shape index (κ3) is 5.85. The summed E-state index contributed by atoms with van der Waals surface area (Å²) in [6.45, 7) is 0.327. The average molecular weight is 562 g/mol. The van der Waals surface area contributed by atoms with Crippen LogP contribution in [-0.4, -0.2) is 63.7 Å². The number of thiazole rings is 1. The van der Waals surface area contributed by atoms with Crippen LogP contribution in [0.3, 0.4) is 0 Å². The fourth-order valence-corrected chi connectivity index (χ4v) is 6.77. The Labute approximate surface area is 237 Å². The summed E-state index contributed by atoms with van der Waals surface area (Å²) in [5, 5.41) is 3.28. The number of nitrogens with one attached hydrogen (secondary N) is 1. The Morgan fingerprint density at radius 2 is 1.85 bits per heavy atom. The molecule has 0 bridgehead atoms. The molecule has 1 unspecified atom stereocenters. The lowest BCUT2D eigenvalue weighted by Crippen LogP contribution is -2.65. The minimum Gasteiger partial charge on any atom is -0.370 e. The zero-order valence-electron chi connectivity index (χ0n) is 22.3. The topological polar surface area (TPSA) is 170 Å². The monoisotopic (exact) mass is 561 g/mol. The maximum atomic E-state index is 13.8. The van der Waals surface area contributed by atoms with Crippen LogP contribution in [0, 0.1) is 0 Å². The third-order valence-electron chi connectivity index (χ3n) is 7.83. The minimum absolute atomic E-state index is 0.0283. The number of piperidine rings is 1. The molecule has 4 atom stereocenters. The summed E-state index contributed by atoms with van der Waals surface area (Å²) < 4.78 is 0.895. The van der Waals surface area contributed by atoms with Gasteiger partial charge in [0.05, 0.1) is 21.8 Å². The number of para-hydroxylation sites is 1. The lowest BCUT2D eigenvalue weighted by molar-refractivity contribution is -0.148. The molecule has 7 N–H and O–H groups in total. The molecule has 40 heavy (non-hydrogen) atoms. The van der Waals surface area contributed by atoms with Gasteiger partial charge in [0.15, 0.2) is 11.0 Å². The van der Waals surface area contributed by atoms with E-state index in [4.69, 9.17) is 17.2 Å². The van der Waals surface area contributed by atoms with E-state index in [-0.39, 0.29) is 29.6 Å². The number of aromatic nitrogens is 1. The normalized spacial score (nSPS) is 23.0. The van der Waals surface area contributed by atoms with Gasteiger partial charge in [-0.25, -0.2) is 4.98 Å². The van der Waals surface area contributed by atoms with Crippen molar-refractivity contribution in [3.05, 3.63) is 65.2 Å².